The van der Waals surface area contributed by atoms with E-state index in [0.717, 1.165) is 40.5 Å². The Labute approximate surface area is 159 Å². The molecule has 1 amide bonds. The van der Waals surface area contributed by atoms with Crippen molar-refractivity contribution in [1.29, 1.82) is 0 Å². The smallest absolute Gasteiger partial charge is 0.250 e. The van der Waals surface area contributed by atoms with Gasteiger partial charge in [-0.3, -0.25) is 10.1 Å². The van der Waals surface area contributed by atoms with Crippen molar-refractivity contribution in [2.24, 2.45) is 0 Å². The molecule has 138 valence electrons. The number of halogens is 1. The van der Waals surface area contributed by atoms with Gasteiger partial charge >= 0.3 is 0 Å². The SMILES string of the molecule is Cc1nn(-c2ccc(F)cc2)c(C)c1/C=C/C(=O)Nc1nnc(C2CC2)s1. The summed E-state index contributed by atoms with van der Waals surface area (Å²) in [6.07, 6.45) is 5.50. The number of amides is 1. The number of nitrogens with one attached hydrogen (secondary N) is 1. The molecule has 4 rings (SSSR count). The van der Waals surface area contributed by atoms with Crippen LogP contribution in [0.4, 0.5) is 9.52 Å². The molecule has 2 aromatic heterocycles. The van der Waals surface area contributed by atoms with E-state index >= 15 is 0 Å². The van der Waals surface area contributed by atoms with Gasteiger partial charge in [0.1, 0.15) is 10.8 Å². The predicted molar refractivity (Wildman–Crippen MR) is 103 cm³/mol. The highest BCUT2D eigenvalue weighted by molar-refractivity contribution is 7.15. The van der Waals surface area contributed by atoms with E-state index in [1.54, 1.807) is 22.9 Å². The van der Waals surface area contributed by atoms with Gasteiger partial charge in [-0.2, -0.15) is 5.10 Å². The molecule has 0 aliphatic heterocycles. The van der Waals surface area contributed by atoms with Gasteiger partial charge in [0, 0.05) is 23.3 Å². The lowest BCUT2D eigenvalue weighted by Gasteiger charge is -2.04. The second kappa shape index (κ2) is 7.03. The molecule has 2 heterocycles. The summed E-state index contributed by atoms with van der Waals surface area (Å²) in [4.78, 5) is 12.2. The van der Waals surface area contributed by atoms with Gasteiger partial charge in [0.2, 0.25) is 11.0 Å². The maximum atomic E-state index is 13.1. The molecule has 0 bridgehead atoms. The Balaban J connectivity index is 1.49. The molecule has 0 spiro atoms. The number of anilines is 1. The van der Waals surface area contributed by atoms with Crippen LogP contribution in [0, 0.1) is 19.7 Å². The Kier molecular flexibility index (Phi) is 4.57. The molecule has 6 nitrogen and oxygen atoms in total. The zero-order valence-electron chi connectivity index (χ0n) is 14.9. The first-order valence-corrected chi connectivity index (χ1v) is 9.47. The summed E-state index contributed by atoms with van der Waals surface area (Å²) in [7, 11) is 0. The normalized spacial score (nSPS) is 14.0. The summed E-state index contributed by atoms with van der Waals surface area (Å²) in [6.45, 7) is 3.78. The number of aryl methyl sites for hydroxylation is 1. The number of aromatic nitrogens is 4. The van der Waals surface area contributed by atoms with E-state index < -0.39 is 0 Å². The molecule has 8 heteroatoms. The number of hydrogen-bond donors (Lipinski definition) is 1. The van der Waals surface area contributed by atoms with Gasteiger partial charge in [0.25, 0.3) is 0 Å². The molecule has 1 fully saturated rings. The molecule has 0 unspecified atom stereocenters. The minimum absolute atomic E-state index is 0.262. The second-order valence-electron chi connectivity index (χ2n) is 6.52. The molecular formula is C19H18FN5OS. The lowest BCUT2D eigenvalue weighted by molar-refractivity contribution is -0.111. The van der Waals surface area contributed by atoms with Crippen LogP contribution in [0.1, 0.15) is 40.7 Å². The Bertz CT molecular complexity index is 1020. The minimum atomic E-state index is -0.293. The standard InChI is InChI=1S/C19H18FN5OS/c1-11-16(12(2)25(24-11)15-7-5-14(20)6-8-15)9-10-17(26)21-19-23-22-18(27-19)13-3-4-13/h5-10,13H,3-4H2,1-2H3,(H,21,23,26)/b10-9+. The molecule has 1 aromatic carbocycles. The fourth-order valence-electron chi connectivity index (χ4n) is 2.82. The molecule has 1 N–H and O–H groups in total. The highest BCUT2D eigenvalue weighted by atomic mass is 32.1. The van der Waals surface area contributed by atoms with E-state index in [2.05, 4.69) is 20.6 Å². The fraction of sp³-hybridized carbons (Fsp3) is 0.263. The summed E-state index contributed by atoms with van der Waals surface area (Å²) in [5, 5.41) is 16.9. The summed E-state index contributed by atoms with van der Waals surface area (Å²) in [5.74, 6) is -0.0355. The Morgan fingerprint density at radius 1 is 1.26 bits per heavy atom. The number of nitrogens with zero attached hydrogens (tertiary/aromatic N) is 4. The minimum Gasteiger partial charge on any atom is -0.297 e. The molecule has 0 atom stereocenters. The van der Waals surface area contributed by atoms with Crippen molar-refractivity contribution in [3.63, 3.8) is 0 Å². The van der Waals surface area contributed by atoms with Crippen LogP contribution in [-0.2, 0) is 4.79 Å². The monoisotopic (exact) mass is 383 g/mol. The molecule has 3 aromatic rings. The lowest BCUT2D eigenvalue weighted by Crippen LogP contribution is -2.07. The summed E-state index contributed by atoms with van der Waals surface area (Å²) in [6, 6.07) is 6.13. The third-order valence-corrected chi connectivity index (χ3v) is 5.42. The van der Waals surface area contributed by atoms with Crippen molar-refractivity contribution in [2.75, 3.05) is 5.32 Å². The molecule has 1 aliphatic rings. The number of rotatable bonds is 5. The van der Waals surface area contributed by atoms with Crippen LogP contribution in [0.2, 0.25) is 0 Å². The van der Waals surface area contributed by atoms with Crippen LogP contribution in [0.5, 0.6) is 0 Å². The molecule has 1 saturated carbocycles. The number of hydrogen-bond acceptors (Lipinski definition) is 5. The van der Waals surface area contributed by atoms with E-state index in [1.807, 2.05) is 13.8 Å². The third-order valence-electron chi connectivity index (χ3n) is 4.42. The maximum Gasteiger partial charge on any atom is 0.250 e. The topological polar surface area (TPSA) is 72.7 Å². The van der Waals surface area contributed by atoms with Gasteiger partial charge in [0.15, 0.2) is 0 Å². The van der Waals surface area contributed by atoms with Crippen LogP contribution in [0.25, 0.3) is 11.8 Å². The molecule has 0 saturated heterocycles. The quantitative estimate of drug-likeness (QED) is 0.676. The summed E-state index contributed by atoms with van der Waals surface area (Å²) in [5.41, 5.74) is 3.27. The van der Waals surface area contributed by atoms with Gasteiger partial charge in [-0.15, -0.1) is 10.2 Å². The zero-order valence-corrected chi connectivity index (χ0v) is 15.8. The lowest BCUT2D eigenvalue weighted by atomic mass is 10.2. The first-order chi connectivity index (χ1) is 13.0. The number of carbonyl (C=O) groups is 1. The van der Waals surface area contributed by atoms with Crippen molar-refractivity contribution in [3.8, 4) is 5.69 Å². The molecule has 27 heavy (non-hydrogen) atoms. The van der Waals surface area contributed by atoms with Crippen molar-refractivity contribution >= 4 is 28.5 Å². The van der Waals surface area contributed by atoms with E-state index in [0.29, 0.717) is 11.0 Å². The average molecular weight is 383 g/mol. The zero-order chi connectivity index (χ0) is 19.0. The summed E-state index contributed by atoms with van der Waals surface area (Å²) < 4.78 is 14.9. The van der Waals surface area contributed by atoms with E-state index in [9.17, 15) is 9.18 Å². The highest BCUT2D eigenvalue weighted by Gasteiger charge is 2.27. The van der Waals surface area contributed by atoms with Crippen LogP contribution < -0.4 is 5.32 Å². The second-order valence-corrected chi connectivity index (χ2v) is 7.52. The third kappa shape index (κ3) is 3.80. The van der Waals surface area contributed by atoms with Gasteiger partial charge in [-0.25, -0.2) is 9.07 Å². The Morgan fingerprint density at radius 3 is 2.70 bits per heavy atom. The van der Waals surface area contributed by atoms with Gasteiger partial charge < -0.3 is 0 Å². The van der Waals surface area contributed by atoms with E-state index in [1.165, 1.54) is 29.5 Å². The van der Waals surface area contributed by atoms with E-state index in [-0.39, 0.29) is 11.7 Å². The fourth-order valence-corrected chi connectivity index (χ4v) is 3.73. The average Bonchev–Trinajstić information content (AvgIpc) is 3.33. The van der Waals surface area contributed by atoms with E-state index in [4.69, 9.17) is 0 Å². The first-order valence-electron chi connectivity index (χ1n) is 8.66. The van der Waals surface area contributed by atoms with Crippen molar-refractivity contribution in [3.05, 3.63) is 58.1 Å². The van der Waals surface area contributed by atoms with Crippen molar-refractivity contribution in [1.82, 2.24) is 20.0 Å². The summed E-state index contributed by atoms with van der Waals surface area (Å²) >= 11 is 1.43. The van der Waals surface area contributed by atoms with Crippen LogP contribution in [0.3, 0.4) is 0 Å². The Morgan fingerprint density at radius 2 is 2.00 bits per heavy atom. The molecule has 0 radical (unpaired) electrons. The van der Waals surface area contributed by atoms with Crippen LogP contribution in [-0.4, -0.2) is 25.9 Å². The highest BCUT2D eigenvalue weighted by Crippen LogP contribution is 2.42. The van der Waals surface area contributed by atoms with Gasteiger partial charge in [-0.05, 0) is 57.0 Å². The number of benzene rings is 1. The number of carbonyl (C=O) groups excluding carboxylic acids is 1. The first kappa shape index (κ1) is 17.5. The predicted octanol–water partition coefficient (Wildman–Crippen LogP) is 4.01. The largest absolute Gasteiger partial charge is 0.297 e. The molecule has 1 aliphatic carbocycles. The van der Waals surface area contributed by atoms with Crippen molar-refractivity contribution in [2.45, 2.75) is 32.6 Å². The Hall–Kier alpha value is -2.87. The van der Waals surface area contributed by atoms with Gasteiger partial charge in [0.05, 0.1) is 11.4 Å². The van der Waals surface area contributed by atoms with Crippen molar-refractivity contribution < 1.29 is 9.18 Å². The van der Waals surface area contributed by atoms with Gasteiger partial charge in [-0.1, -0.05) is 11.3 Å². The molecular weight excluding hydrogens is 365 g/mol. The van der Waals surface area contributed by atoms with Crippen LogP contribution >= 0.6 is 11.3 Å². The van der Waals surface area contributed by atoms with Crippen LogP contribution in [0.15, 0.2) is 30.3 Å². The maximum absolute atomic E-state index is 13.1.